The van der Waals surface area contributed by atoms with Crippen LogP contribution in [-0.4, -0.2) is 22.7 Å². The van der Waals surface area contributed by atoms with E-state index in [1.54, 1.807) is 18.2 Å². The molecule has 0 bridgehead atoms. The lowest BCUT2D eigenvalue weighted by Gasteiger charge is -2.20. The highest BCUT2D eigenvalue weighted by atomic mass is 16.6. The number of nitro groups is 1. The second kappa shape index (κ2) is 7.08. The number of para-hydroxylation sites is 1. The first-order valence-corrected chi connectivity index (χ1v) is 6.16. The van der Waals surface area contributed by atoms with Gasteiger partial charge in [0.1, 0.15) is 0 Å². The molecule has 0 saturated heterocycles. The molecule has 0 aliphatic rings. The average molecular weight is 252 g/mol. The van der Waals surface area contributed by atoms with E-state index in [2.05, 4.69) is 5.32 Å². The maximum absolute atomic E-state index is 10.9. The van der Waals surface area contributed by atoms with E-state index in [0.29, 0.717) is 5.56 Å². The van der Waals surface area contributed by atoms with Crippen LogP contribution >= 0.6 is 0 Å². The third-order valence-electron chi connectivity index (χ3n) is 2.93. The number of nitro benzene ring substituents is 1. The van der Waals surface area contributed by atoms with Crippen LogP contribution in [0, 0.1) is 10.1 Å². The van der Waals surface area contributed by atoms with Gasteiger partial charge >= 0.3 is 0 Å². The number of aliphatic hydroxyl groups excluding tert-OH is 1. The number of aliphatic hydroxyl groups is 1. The van der Waals surface area contributed by atoms with Crippen molar-refractivity contribution in [2.75, 3.05) is 6.61 Å². The molecule has 0 aromatic heterocycles. The minimum Gasteiger partial charge on any atom is -0.396 e. The Balaban J connectivity index is 2.71. The summed E-state index contributed by atoms with van der Waals surface area (Å²) in [5.41, 5.74) is 0.838. The van der Waals surface area contributed by atoms with Crippen molar-refractivity contribution in [1.82, 2.24) is 5.32 Å². The lowest BCUT2D eigenvalue weighted by Crippen LogP contribution is -2.29. The lowest BCUT2D eigenvalue weighted by molar-refractivity contribution is -0.385. The standard InChI is InChI=1S/C13H20N2O3/c1-10(6-5-9-16)14-11(2)12-7-3-4-8-13(12)15(17)18/h3-4,7-8,10-11,14,16H,5-6,9H2,1-2H3. The quantitative estimate of drug-likeness (QED) is 0.577. The summed E-state index contributed by atoms with van der Waals surface area (Å²) >= 11 is 0. The molecule has 0 aliphatic carbocycles. The molecule has 100 valence electrons. The van der Waals surface area contributed by atoms with Crippen LogP contribution in [0.5, 0.6) is 0 Å². The fraction of sp³-hybridized carbons (Fsp3) is 0.538. The van der Waals surface area contributed by atoms with Crippen molar-refractivity contribution in [1.29, 1.82) is 0 Å². The number of nitrogens with one attached hydrogen (secondary N) is 1. The number of benzene rings is 1. The first-order chi connectivity index (χ1) is 8.56. The van der Waals surface area contributed by atoms with Gasteiger partial charge in [-0.3, -0.25) is 10.1 Å². The van der Waals surface area contributed by atoms with Gasteiger partial charge < -0.3 is 10.4 Å². The van der Waals surface area contributed by atoms with Gasteiger partial charge in [0.15, 0.2) is 0 Å². The Kier molecular flexibility index (Phi) is 5.74. The molecule has 0 fully saturated rings. The van der Waals surface area contributed by atoms with E-state index < -0.39 is 0 Å². The van der Waals surface area contributed by atoms with Gasteiger partial charge in [0.25, 0.3) is 5.69 Å². The minimum absolute atomic E-state index is 0.0831. The lowest BCUT2D eigenvalue weighted by atomic mass is 10.0. The third kappa shape index (κ3) is 4.09. The third-order valence-corrected chi connectivity index (χ3v) is 2.93. The molecule has 1 aromatic carbocycles. The molecule has 2 N–H and O–H groups in total. The molecule has 0 spiro atoms. The Morgan fingerprint density at radius 2 is 2.06 bits per heavy atom. The van der Waals surface area contributed by atoms with Crippen LogP contribution in [0.1, 0.15) is 38.3 Å². The Labute approximate surface area is 107 Å². The fourth-order valence-electron chi connectivity index (χ4n) is 2.02. The Morgan fingerprint density at radius 3 is 2.67 bits per heavy atom. The molecule has 0 aliphatic heterocycles. The van der Waals surface area contributed by atoms with Crippen LogP contribution in [0.4, 0.5) is 5.69 Å². The van der Waals surface area contributed by atoms with Crippen LogP contribution < -0.4 is 5.32 Å². The molecule has 0 saturated carbocycles. The first-order valence-electron chi connectivity index (χ1n) is 6.16. The summed E-state index contributed by atoms with van der Waals surface area (Å²) in [6.07, 6.45) is 1.58. The SMILES string of the molecule is CC(CCCO)NC(C)c1ccccc1[N+](=O)[O-]. The predicted molar refractivity (Wildman–Crippen MR) is 70.4 cm³/mol. The van der Waals surface area contributed by atoms with Gasteiger partial charge in [0, 0.05) is 30.3 Å². The van der Waals surface area contributed by atoms with Crippen LogP contribution in [0.2, 0.25) is 0 Å². The van der Waals surface area contributed by atoms with Crippen LogP contribution in [0.3, 0.4) is 0 Å². The summed E-state index contributed by atoms with van der Waals surface area (Å²) in [6.45, 7) is 4.10. The second-order valence-electron chi connectivity index (χ2n) is 4.47. The van der Waals surface area contributed by atoms with Crippen LogP contribution in [0.15, 0.2) is 24.3 Å². The van der Waals surface area contributed by atoms with Crippen molar-refractivity contribution in [3.8, 4) is 0 Å². The van der Waals surface area contributed by atoms with Crippen molar-refractivity contribution < 1.29 is 10.0 Å². The van der Waals surface area contributed by atoms with Crippen LogP contribution in [-0.2, 0) is 0 Å². The zero-order chi connectivity index (χ0) is 13.5. The second-order valence-corrected chi connectivity index (χ2v) is 4.47. The van der Waals surface area contributed by atoms with Gasteiger partial charge in [-0.15, -0.1) is 0 Å². The van der Waals surface area contributed by atoms with Crippen molar-refractivity contribution in [3.05, 3.63) is 39.9 Å². The molecule has 18 heavy (non-hydrogen) atoms. The van der Waals surface area contributed by atoms with Gasteiger partial charge in [-0.05, 0) is 26.7 Å². The van der Waals surface area contributed by atoms with E-state index in [1.807, 2.05) is 13.8 Å². The predicted octanol–water partition coefficient (Wildman–Crippen LogP) is 2.41. The molecule has 2 unspecified atom stereocenters. The number of nitrogens with zero attached hydrogens (tertiary/aromatic N) is 1. The van der Waals surface area contributed by atoms with Crippen molar-refractivity contribution in [3.63, 3.8) is 0 Å². The van der Waals surface area contributed by atoms with Crippen LogP contribution in [0.25, 0.3) is 0 Å². The van der Waals surface area contributed by atoms with Gasteiger partial charge in [0.05, 0.1) is 4.92 Å². The van der Waals surface area contributed by atoms with Crippen molar-refractivity contribution in [2.45, 2.75) is 38.8 Å². The number of rotatable bonds is 7. The van der Waals surface area contributed by atoms with Gasteiger partial charge in [0.2, 0.25) is 0 Å². The summed E-state index contributed by atoms with van der Waals surface area (Å²) < 4.78 is 0. The van der Waals surface area contributed by atoms with E-state index in [-0.39, 0.29) is 29.3 Å². The Hall–Kier alpha value is -1.46. The molecule has 2 atom stereocenters. The smallest absolute Gasteiger partial charge is 0.274 e. The van der Waals surface area contributed by atoms with Crippen molar-refractivity contribution >= 4 is 5.69 Å². The molecule has 0 heterocycles. The molecule has 0 amide bonds. The van der Waals surface area contributed by atoms with E-state index in [4.69, 9.17) is 5.11 Å². The largest absolute Gasteiger partial charge is 0.396 e. The highest BCUT2D eigenvalue weighted by Gasteiger charge is 2.18. The van der Waals surface area contributed by atoms with E-state index in [1.165, 1.54) is 6.07 Å². The maximum Gasteiger partial charge on any atom is 0.274 e. The number of hydrogen-bond donors (Lipinski definition) is 2. The zero-order valence-electron chi connectivity index (χ0n) is 10.8. The van der Waals surface area contributed by atoms with Crippen molar-refractivity contribution in [2.24, 2.45) is 0 Å². The molecule has 1 rings (SSSR count). The molecule has 1 aromatic rings. The zero-order valence-corrected chi connectivity index (χ0v) is 10.8. The Morgan fingerprint density at radius 1 is 1.39 bits per heavy atom. The highest BCUT2D eigenvalue weighted by Crippen LogP contribution is 2.24. The molecular weight excluding hydrogens is 232 g/mol. The molecule has 5 heteroatoms. The van der Waals surface area contributed by atoms with E-state index in [9.17, 15) is 10.1 Å². The number of hydrogen-bond acceptors (Lipinski definition) is 4. The van der Waals surface area contributed by atoms with Gasteiger partial charge in [-0.2, -0.15) is 0 Å². The maximum atomic E-state index is 10.9. The summed E-state index contributed by atoms with van der Waals surface area (Å²) in [5.74, 6) is 0. The minimum atomic E-state index is -0.355. The Bertz CT molecular complexity index is 396. The monoisotopic (exact) mass is 252 g/mol. The average Bonchev–Trinajstić information content (AvgIpc) is 2.36. The summed E-state index contributed by atoms with van der Waals surface area (Å²) in [4.78, 5) is 10.6. The summed E-state index contributed by atoms with van der Waals surface area (Å²) in [7, 11) is 0. The fourth-order valence-corrected chi connectivity index (χ4v) is 2.02. The van der Waals surface area contributed by atoms with E-state index >= 15 is 0 Å². The topological polar surface area (TPSA) is 75.4 Å². The summed E-state index contributed by atoms with van der Waals surface area (Å²) in [6, 6.07) is 6.90. The summed E-state index contributed by atoms with van der Waals surface area (Å²) in [5, 5.41) is 23.0. The molecule has 0 radical (unpaired) electrons. The van der Waals surface area contributed by atoms with Gasteiger partial charge in [-0.25, -0.2) is 0 Å². The highest BCUT2D eigenvalue weighted by molar-refractivity contribution is 5.41. The normalized spacial score (nSPS) is 14.2. The van der Waals surface area contributed by atoms with E-state index in [0.717, 1.165) is 12.8 Å². The van der Waals surface area contributed by atoms with Gasteiger partial charge in [-0.1, -0.05) is 18.2 Å². The molecule has 5 nitrogen and oxygen atoms in total. The first kappa shape index (κ1) is 14.6. The molecular formula is C13H20N2O3.